The predicted molar refractivity (Wildman–Crippen MR) is 89.9 cm³/mol. The van der Waals surface area contributed by atoms with E-state index in [0.717, 1.165) is 16.0 Å². The van der Waals surface area contributed by atoms with Crippen molar-refractivity contribution in [3.05, 3.63) is 53.3 Å². The van der Waals surface area contributed by atoms with Crippen LogP contribution in [0.3, 0.4) is 0 Å². The second-order valence-corrected chi connectivity index (χ2v) is 5.89. The fraction of sp³-hybridized carbons (Fsp3) is 0.176. The molecule has 6 heteroatoms. The second kappa shape index (κ2) is 6.66. The molecule has 118 valence electrons. The number of aryl methyl sites for hydroxylation is 1. The number of ether oxygens (including phenoxy) is 2. The first-order valence-electron chi connectivity index (χ1n) is 7.06. The van der Waals surface area contributed by atoms with Crippen LogP contribution in [0.15, 0.2) is 53.5 Å². The minimum Gasteiger partial charge on any atom is -0.497 e. The number of para-hydroxylation sites is 1. The van der Waals surface area contributed by atoms with Gasteiger partial charge in [-0.25, -0.2) is 0 Å². The maximum absolute atomic E-state index is 12.0. The molecule has 0 aliphatic carbocycles. The summed E-state index contributed by atoms with van der Waals surface area (Å²) in [5.41, 5.74) is 1.01. The summed E-state index contributed by atoms with van der Waals surface area (Å²) in [6.45, 7) is -0.0818. The van der Waals surface area contributed by atoms with Gasteiger partial charge in [0.1, 0.15) is 11.5 Å². The lowest BCUT2D eigenvalue weighted by Crippen LogP contribution is -2.17. The van der Waals surface area contributed by atoms with Gasteiger partial charge in [-0.15, -0.1) is 0 Å². The number of carbonyl (C=O) groups excluding carboxylic acids is 1. The lowest BCUT2D eigenvalue weighted by Gasteiger charge is -2.02. The number of hydrogen-bond acceptors (Lipinski definition) is 4. The van der Waals surface area contributed by atoms with Crippen molar-refractivity contribution >= 4 is 27.5 Å². The number of carbonyl (C=O) groups is 1. The van der Waals surface area contributed by atoms with Gasteiger partial charge in [-0.3, -0.25) is 4.79 Å². The van der Waals surface area contributed by atoms with Crippen molar-refractivity contribution in [1.82, 2.24) is 4.57 Å². The van der Waals surface area contributed by atoms with Crippen molar-refractivity contribution in [2.24, 2.45) is 12.0 Å². The molecule has 3 aromatic rings. The predicted octanol–water partition coefficient (Wildman–Crippen LogP) is 2.75. The first-order valence-corrected chi connectivity index (χ1v) is 7.88. The van der Waals surface area contributed by atoms with Crippen LogP contribution in [0, 0.1) is 0 Å². The van der Waals surface area contributed by atoms with Crippen LogP contribution in [-0.4, -0.2) is 24.2 Å². The van der Waals surface area contributed by atoms with E-state index in [4.69, 9.17) is 9.47 Å². The quantitative estimate of drug-likeness (QED) is 0.740. The number of thiazole rings is 1. The first-order chi connectivity index (χ1) is 11.2. The molecule has 3 rings (SSSR count). The van der Waals surface area contributed by atoms with Crippen LogP contribution in [0.2, 0.25) is 0 Å². The summed E-state index contributed by atoms with van der Waals surface area (Å²) in [5.74, 6) is 1.12. The zero-order chi connectivity index (χ0) is 16.2. The van der Waals surface area contributed by atoms with E-state index < -0.39 is 0 Å². The third-order valence-electron chi connectivity index (χ3n) is 3.34. The van der Waals surface area contributed by atoms with Gasteiger partial charge in [0.2, 0.25) is 0 Å². The summed E-state index contributed by atoms with van der Waals surface area (Å²) in [6.07, 6.45) is 0. The molecular formula is C17H16N2O3S. The molecule has 1 aromatic heterocycles. The third kappa shape index (κ3) is 3.43. The average Bonchev–Trinajstić information content (AvgIpc) is 2.89. The van der Waals surface area contributed by atoms with Crippen molar-refractivity contribution in [2.75, 3.05) is 13.7 Å². The SMILES string of the molecule is COc1ccc2c(c1)sc(=NC(=O)COc1ccccc1)n2C. The van der Waals surface area contributed by atoms with E-state index in [9.17, 15) is 4.79 Å². The minimum absolute atomic E-state index is 0.0818. The van der Waals surface area contributed by atoms with Crippen molar-refractivity contribution in [3.8, 4) is 11.5 Å². The number of methoxy groups -OCH3 is 1. The molecule has 0 radical (unpaired) electrons. The highest BCUT2D eigenvalue weighted by Crippen LogP contribution is 2.22. The second-order valence-electron chi connectivity index (χ2n) is 4.88. The number of nitrogens with zero attached hydrogens (tertiary/aromatic N) is 2. The summed E-state index contributed by atoms with van der Waals surface area (Å²) in [4.78, 5) is 16.8. The van der Waals surface area contributed by atoms with Crippen LogP contribution in [0.4, 0.5) is 0 Å². The van der Waals surface area contributed by atoms with Crippen LogP contribution in [0.25, 0.3) is 10.2 Å². The third-order valence-corrected chi connectivity index (χ3v) is 4.44. The molecule has 0 saturated carbocycles. The maximum Gasteiger partial charge on any atom is 0.286 e. The number of aromatic nitrogens is 1. The normalized spacial score (nSPS) is 11.7. The Balaban J connectivity index is 1.82. The van der Waals surface area contributed by atoms with E-state index in [2.05, 4.69) is 4.99 Å². The van der Waals surface area contributed by atoms with Crippen molar-refractivity contribution in [1.29, 1.82) is 0 Å². The van der Waals surface area contributed by atoms with Gasteiger partial charge < -0.3 is 14.0 Å². The fourth-order valence-electron chi connectivity index (χ4n) is 2.15. The lowest BCUT2D eigenvalue weighted by molar-refractivity contribution is -0.120. The Morgan fingerprint density at radius 1 is 1.17 bits per heavy atom. The Hall–Kier alpha value is -2.60. The van der Waals surface area contributed by atoms with Crippen LogP contribution >= 0.6 is 11.3 Å². The molecule has 0 aliphatic heterocycles. The van der Waals surface area contributed by atoms with Gasteiger partial charge in [-0.05, 0) is 30.3 Å². The number of rotatable bonds is 4. The van der Waals surface area contributed by atoms with Gasteiger partial charge in [-0.1, -0.05) is 29.5 Å². The number of amides is 1. The molecular weight excluding hydrogens is 312 g/mol. The van der Waals surface area contributed by atoms with Gasteiger partial charge in [0, 0.05) is 7.05 Å². The highest BCUT2D eigenvalue weighted by molar-refractivity contribution is 7.16. The molecule has 0 aliphatic rings. The monoisotopic (exact) mass is 328 g/mol. The van der Waals surface area contributed by atoms with Crippen LogP contribution in [0.5, 0.6) is 11.5 Å². The molecule has 1 heterocycles. The highest BCUT2D eigenvalue weighted by Gasteiger charge is 2.07. The van der Waals surface area contributed by atoms with Gasteiger partial charge >= 0.3 is 0 Å². The van der Waals surface area contributed by atoms with Crippen molar-refractivity contribution in [3.63, 3.8) is 0 Å². The lowest BCUT2D eigenvalue weighted by atomic mass is 10.3. The van der Waals surface area contributed by atoms with E-state index >= 15 is 0 Å². The average molecular weight is 328 g/mol. The fourth-order valence-corrected chi connectivity index (χ4v) is 3.21. The zero-order valence-electron chi connectivity index (χ0n) is 12.9. The standard InChI is InChI=1S/C17H16N2O3S/c1-19-14-9-8-13(21-2)10-15(14)23-17(19)18-16(20)11-22-12-6-4-3-5-7-12/h3-10H,11H2,1-2H3. The minimum atomic E-state index is -0.317. The highest BCUT2D eigenvalue weighted by atomic mass is 32.1. The largest absolute Gasteiger partial charge is 0.497 e. The molecule has 0 saturated heterocycles. The number of fused-ring (bicyclic) bond motifs is 1. The van der Waals surface area contributed by atoms with E-state index in [1.54, 1.807) is 19.2 Å². The Kier molecular flexibility index (Phi) is 4.43. The van der Waals surface area contributed by atoms with Gasteiger partial charge in [0.05, 0.1) is 17.3 Å². The van der Waals surface area contributed by atoms with E-state index in [1.807, 2.05) is 48.0 Å². The van der Waals surface area contributed by atoms with Crippen LogP contribution in [0.1, 0.15) is 0 Å². The Labute approximate surface area is 137 Å². The summed E-state index contributed by atoms with van der Waals surface area (Å²) >= 11 is 1.44. The summed E-state index contributed by atoms with van der Waals surface area (Å²) in [5, 5.41) is 0. The molecule has 23 heavy (non-hydrogen) atoms. The topological polar surface area (TPSA) is 52.8 Å². The number of hydrogen-bond donors (Lipinski definition) is 0. The van der Waals surface area contributed by atoms with E-state index in [-0.39, 0.29) is 12.5 Å². The van der Waals surface area contributed by atoms with E-state index in [1.165, 1.54) is 11.3 Å². The molecule has 0 spiro atoms. The maximum atomic E-state index is 12.0. The molecule has 0 atom stereocenters. The van der Waals surface area contributed by atoms with Gasteiger partial charge in [0.15, 0.2) is 11.4 Å². The molecule has 1 amide bonds. The molecule has 2 aromatic carbocycles. The Morgan fingerprint density at radius 2 is 1.96 bits per heavy atom. The Morgan fingerprint density at radius 3 is 2.70 bits per heavy atom. The van der Waals surface area contributed by atoms with Crippen molar-refractivity contribution in [2.45, 2.75) is 0 Å². The first kappa shape index (κ1) is 15.3. The van der Waals surface area contributed by atoms with E-state index in [0.29, 0.717) is 10.6 Å². The molecule has 0 fully saturated rings. The molecule has 0 bridgehead atoms. The zero-order valence-corrected chi connectivity index (χ0v) is 13.7. The van der Waals surface area contributed by atoms with Crippen molar-refractivity contribution < 1.29 is 14.3 Å². The van der Waals surface area contributed by atoms with Gasteiger partial charge in [-0.2, -0.15) is 4.99 Å². The number of benzene rings is 2. The molecule has 0 N–H and O–H groups in total. The molecule has 5 nitrogen and oxygen atoms in total. The molecule has 0 unspecified atom stereocenters. The van der Waals surface area contributed by atoms with Crippen LogP contribution in [-0.2, 0) is 11.8 Å². The Bertz CT molecular complexity index is 897. The van der Waals surface area contributed by atoms with Gasteiger partial charge in [0.25, 0.3) is 5.91 Å². The summed E-state index contributed by atoms with van der Waals surface area (Å²) < 4.78 is 13.5. The summed E-state index contributed by atoms with van der Waals surface area (Å²) in [6, 6.07) is 15.0. The smallest absolute Gasteiger partial charge is 0.286 e. The summed E-state index contributed by atoms with van der Waals surface area (Å²) in [7, 11) is 3.51. The van der Waals surface area contributed by atoms with Crippen LogP contribution < -0.4 is 14.3 Å².